The van der Waals surface area contributed by atoms with Gasteiger partial charge in [-0.3, -0.25) is 4.99 Å². The van der Waals surface area contributed by atoms with Crippen LogP contribution in [0.4, 0.5) is 4.39 Å². The van der Waals surface area contributed by atoms with Crippen LogP contribution < -0.4 is 15.4 Å². The molecule has 1 aliphatic heterocycles. The largest absolute Gasteiger partial charge is 0.467 e. The van der Waals surface area contributed by atoms with E-state index in [-0.39, 0.29) is 24.4 Å². The molecule has 0 fully saturated rings. The lowest BCUT2D eigenvalue weighted by atomic mass is 10.1. The molecule has 1 aromatic rings. The minimum atomic E-state index is -2.99. The van der Waals surface area contributed by atoms with Crippen LogP contribution >= 0.6 is 0 Å². The van der Waals surface area contributed by atoms with Gasteiger partial charge in [-0.25, -0.2) is 12.8 Å². The maximum Gasteiger partial charge on any atom is 0.191 e. The standard InChI is InChI=1S/C17H26FN3O4S/c1-12(5-7-26(3,22)23)21-17(19-2)20-6-4-13-8-15(18)9-14-10-24-11-25-16(13)14/h8-9,12H,4-7,10-11H2,1-3H3,(H2,19,20,21). The molecular weight excluding hydrogens is 361 g/mol. The number of nitrogens with zero attached hydrogens (tertiary/aromatic N) is 1. The lowest BCUT2D eigenvalue weighted by Crippen LogP contribution is -2.43. The molecule has 1 aromatic carbocycles. The van der Waals surface area contributed by atoms with Crippen molar-refractivity contribution in [1.82, 2.24) is 10.6 Å². The van der Waals surface area contributed by atoms with Gasteiger partial charge in [-0.2, -0.15) is 0 Å². The number of benzene rings is 1. The van der Waals surface area contributed by atoms with Gasteiger partial charge in [0.05, 0.1) is 12.4 Å². The van der Waals surface area contributed by atoms with Crippen molar-refractivity contribution in [2.24, 2.45) is 4.99 Å². The van der Waals surface area contributed by atoms with Crippen molar-refractivity contribution in [3.05, 3.63) is 29.1 Å². The van der Waals surface area contributed by atoms with Crippen LogP contribution in [0.25, 0.3) is 0 Å². The number of fused-ring (bicyclic) bond motifs is 1. The monoisotopic (exact) mass is 387 g/mol. The predicted molar refractivity (Wildman–Crippen MR) is 98.7 cm³/mol. The number of aliphatic imine (C=N–C) groups is 1. The molecular formula is C17H26FN3O4S. The third-order valence-electron chi connectivity index (χ3n) is 3.97. The molecule has 7 nitrogen and oxygen atoms in total. The second kappa shape index (κ2) is 9.18. The van der Waals surface area contributed by atoms with E-state index in [1.165, 1.54) is 18.4 Å². The fourth-order valence-electron chi connectivity index (χ4n) is 2.65. The Morgan fingerprint density at radius 3 is 2.88 bits per heavy atom. The first-order chi connectivity index (χ1) is 12.3. The smallest absolute Gasteiger partial charge is 0.191 e. The number of ether oxygens (including phenoxy) is 2. The normalized spacial score (nSPS) is 15.8. The highest BCUT2D eigenvalue weighted by atomic mass is 32.2. The van der Waals surface area contributed by atoms with Gasteiger partial charge in [0.1, 0.15) is 21.4 Å². The Morgan fingerprint density at radius 1 is 1.42 bits per heavy atom. The van der Waals surface area contributed by atoms with Crippen LogP contribution in [0.15, 0.2) is 17.1 Å². The van der Waals surface area contributed by atoms with Gasteiger partial charge < -0.3 is 20.1 Å². The Labute approximate surface area is 153 Å². The van der Waals surface area contributed by atoms with Crippen molar-refractivity contribution in [3.63, 3.8) is 0 Å². The van der Waals surface area contributed by atoms with Crippen LogP contribution in [0.1, 0.15) is 24.5 Å². The van der Waals surface area contributed by atoms with E-state index in [1.54, 1.807) is 7.05 Å². The molecule has 0 spiro atoms. The van der Waals surface area contributed by atoms with Crippen LogP contribution in [0.3, 0.4) is 0 Å². The van der Waals surface area contributed by atoms with Gasteiger partial charge in [0, 0.05) is 31.5 Å². The Kier molecular flexibility index (Phi) is 7.22. The summed E-state index contributed by atoms with van der Waals surface area (Å²) in [6.45, 7) is 2.93. The molecule has 146 valence electrons. The average molecular weight is 387 g/mol. The van der Waals surface area contributed by atoms with Crippen LogP contribution in [0, 0.1) is 5.82 Å². The summed E-state index contributed by atoms with van der Waals surface area (Å²) >= 11 is 0. The number of hydrogen-bond acceptors (Lipinski definition) is 5. The number of halogens is 1. The molecule has 1 atom stereocenters. The number of sulfone groups is 1. The van der Waals surface area contributed by atoms with Crippen molar-refractivity contribution in [1.29, 1.82) is 0 Å². The van der Waals surface area contributed by atoms with E-state index >= 15 is 0 Å². The zero-order valence-electron chi connectivity index (χ0n) is 15.3. The molecule has 1 heterocycles. The number of nitrogens with one attached hydrogen (secondary N) is 2. The van der Waals surface area contributed by atoms with Crippen molar-refractivity contribution in [3.8, 4) is 5.75 Å². The molecule has 0 aliphatic carbocycles. The molecule has 2 rings (SSSR count). The van der Waals surface area contributed by atoms with Gasteiger partial charge >= 0.3 is 0 Å². The summed E-state index contributed by atoms with van der Waals surface area (Å²) in [7, 11) is -1.35. The van der Waals surface area contributed by atoms with Crippen molar-refractivity contribution in [2.45, 2.75) is 32.4 Å². The predicted octanol–water partition coefficient (Wildman–Crippen LogP) is 1.22. The summed E-state index contributed by atoms with van der Waals surface area (Å²) in [5.41, 5.74) is 1.49. The topological polar surface area (TPSA) is 89.0 Å². The van der Waals surface area contributed by atoms with E-state index in [1.807, 2.05) is 6.92 Å². The number of hydrogen-bond donors (Lipinski definition) is 2. The lowest BCUT2D eigenvalue weighted by Gasteiger charge is -2.21. The molecule has 0 saturated carbocycles. The summed E-state index contributed by atoms with van der Waals surface area (Å²) in [6, 6.07) is 2.85. The van der Waals surface area contributed by atoms with Gasteiger partial charge in [-0.15, -0.1) is 0 Å². The molecule has 1 aliphatic rings. The zero-order valence-corrected chi connectivity index (χ0v) is 16.2. The van der Waals surface area contributed by atoms with E-state index in [2.05, 4.69) is 15.6 Å². The maximum atomic E-state index is 13.7. The molecule has 0 bridgehead atoms. The van der Waals surface area contributed by atoms with E-state index in [0.29, 0.717) is 43.3 Å². The molecule has 9 heteroatoms. The zero-order chi connectivity index (χ0) is 19.2. The van der Waals surface area contributed by atoms with Crippen LogP contribution in [0.5, 0.6) is 5.75 Å². The van der Waals surface area contributed by atoms with Gasteiger partial charge in [0.25, 0.3) is 0 Å². The molecule has 0 radical (unpaired) electrons. The molecule has 0 saturated heterocycles. The highest BCUT2D eigenvalue weighted by molar-refractivity contribution is 7.90. The Bertz CT molecular complexity index is 753. The fourth-order valence-corrected chi connectivity index (χ4v) is 3.43. The van der Waals surface area contributed by atoms with Gasteiger partial charge in [0.2, 0.25) is 0 Å². The summed E-state index contributed by atoms with van der Waals surface area (Å²) in [6.07, 6.45) is 2.27. The second-order valence-corrected chi connectivity index (χ2v) is 8.64. The van der Waals surface area contributed by atoms with E-state index in [9.17, 15) is 12.8 Å². The minimum Gasteiger partial charge on any atom is -0.467 e. The quantitative estimate of drug-likeness (QED) is 0.540. The van der Waals surface area contributed by atoms with Crippen LogP contribution in [0.2, 0.25) is 0 Å². The van der Waals surface area contributed by atoms with Crippen molar-refractivity contribution >= 4 is 15.8 Å². The Balaban J connectivity index is 1.87. The molecule has 2 N–H and O–H groups in total. The average Bonchev–Trinajstić information content (AvgIpc) is 2.58. The van der Waals surface area contributed by atoms with Crippen molar-refractivity contribution < 1.29 is 22.3 Å². The lowest BCUT2D eigenvalue weighted by molar-refractivity contribution is -0.0172. The van der Waals surface area contributed by atoms with Gasteiger partial charge in [-0.05, 0) is 37.5 Å². The highest BCUT2D eigenvalue weighted by Crippen LogP contribution is 2.29. The van der Waals surface area contributed by atoms with Crippen molar-refractivity contribution in [2.75, 3.05) is 32.4 Å². The van der Waals surface area contributed by atoms with E-state index < -0.39 is 9.84 Å². The third kappa shape index (κ3) is 6.45. The van der Waals surface area contributed by atoms with Gasteiger partial charge in [-0.1, -0.05) is 0 Å². The summed E-state index contributed by atoms with van der Waals surface area (Å²) in [5, 5.41) is 6.30. The Hall–Kier alpha value is -1.87. The summed E-state index contributed by atoms with van der Waals surface area (Å²) < 4.78 is 46.9. The number of rotatable bonds is 7. The Morgan fingerprint density at radius 2 is 2.19 bits per heavy atom. The second-order valence-electron chi connectivity index (χ2n) is 6.38. The van der Waals surface area contributed by atoms with Crippen LogP contribution in [-0.2, 0) is 27.6 Å². The van der Waals surface area contributed by atoms with Crippen LogP contribution in [-0.4, -0.2) is 52.8 Å². The summed E-state index contributed by atoms with van der Waals surface area (Å²) in [5.74, 6) is 1.06. The van der Waals surface area contributed by atoms with Gasteiger partial charge in [0.15, 0.2) is 12.8 Å². The highest BCUT2D eigenvalue weighted by Gasteiger charge is 2.17. The number of guanidine groups is 1. The first-order valence-corrected chi connectivity index (χ1v) is 10.5. The summed E-state index contributed by atoms with van der Waals surface area (Å²) in [4.78, 5) is 4.13. The fraction of sp³-hybridized carbons (Fsp3) is 0.588. The third-order valence-corrected chi connectivity index (χ3v) is 4.94. The maximum absolute atomic E-state index is 13.7. The first kappa shape index (κ1) is 20.4. The SMILES string of the molecule is CN=C(NCCc1cc(F)cc2c1OCOC2)NC(C)CCS(C)(=O)=O. The molecule has 1 unspecified atom stereocenters. The van der Waals surface area contributed by atoms with E-state index in [4.69, 9.17) is 9.47 Å². The minimum absolute atomic E-state index is 0.0432. The molecule has 0 amide bonds. The van der Waals surface area contributed by atoms with E-state index in [0.717, 1.165) is 5.56 Å². The molecule has 0 aromatic heterocycles. The molecule has 26 heavy (non-hydrogen) atoms. The first-order valence-electron chi connectivity index (χ1n) is 8.45.